The first-order valence-corrected chi connectivity index (χ1v) is 31.1. The fraction of sp³-hybridized carbons (Fsp3) is 0.308. The topological polar surface area (TPSA) is 36.0 Å². The number of furan rings is 2. The Morgan fingerprint density at radius 2 is 0.988 bits per heavy atom. The summed E-state index contributed by atoms with van der Waals surface area (Å²) in [4.78, 5) is 8.20. The maximum absolute atomic E-state index is 7.02. The van der Waals surface area contributed by atoms with Crippen LogP contribution in [0.25, 0.3) is 55.0 Å². The lowest BCUT2D eigenvalue weighted by Gasteiger charge is -2.51. The van der Waals surface area contributed by atoms with Crippen molar-refractivity contribution in [3.63, 3.8) is 0 Å². The van der Waals surface area contributed by atoms with Gasteiger partial charge in [-0.15, -0.1) is 0 Å². The van der Waals surface area contributed by atoms with Gasteiger partial charge < -0.3 is 23.5 Å². The Kier molecular flexibility index (Phi) is 10.7. The summed E-state index contributed by atoms with van der Waals surface area (Å²) in [5, 5.41) is 4.53. The first kappa shape index (κ1) is 51.7. The minimum atomic E-state index is -0.224. The van der Waals surface area contributed by atoms with Gasteiger partial charge in [-0.3, -0.25) is 0 Å². The zero-order valence-electron chi connectivity index (χ0n) is 51.1. The van der Waals surface area contributed by atoms with Gasteiger partial charge in [0, 0.05) is 67.3 Å². The van der Waals surface area contributed by atoms with Gasteiger partial charge in [-0.05, 0) is 165 Å². The number of nitrogens with zero attached hydrogens (tertiary/aromatic N) is 3. The molecule has 6 heteroatoms. The molecule has 84 heavy (non-hydrogen) atoms. The van der Waals surface area contributed by atoms with Gasteiger partial charge in [0.05, 0.1) is 22.3 Å². The van der Waals surface area contributed by atoms with Crippen LogP contribution in [0.3, 0.4) is 0 Å². The van der Waals surface area contributed by atoms with Crippen LogP contribution in [0.5, 0.6) is 0 Å². The van der Waals surface area contributed by atoms with Crippen molar-refractivity contribution in [2.24, 2.45) is 0 Å². The highest BCUT2D eigenvalue weighted by molar-refractivity contribution is 7.00. The predicted octanol–water partition coefficient (Wildman–Crippen LogP) is 19.9. The van der Waals surface area contributed by atoms with Crippen LogP contribution in [0.2, 0.25) is 0 Å². The molecule has 2 unspecified atom stereocenters. The quantitative estimate of drug-likeness (QED) is 0.164. The van der Waals surface area contributed by atoms with E-state index in [9.17, 15) is 0 Å². The van der Waals surface area contributed by atoms with Crippen LogP contribution in [0.15, 0.2) is 179 Å². The molecule has 16 rings (SSSR count). The third kappa shape index (κ3) is 7.15. The Hall–Kier alpha value is -7.96. The Balaban J connectivity index is 1.10. The van der Waals surface area contributed by atoms with Crippen LogP contribution in [0.4, 0.5) is 45.5 Å². The van der Waals surface area contributed by atoms with Gasteiger partial charge in [-0.25, -0.2) is 0 Å². The van der Waals surface area contributed by atoms with E-state index in [0.717, 1.165) is 86.6 Å². The second-order valence-corrected chi connectivity index (χ2v) is 29.5. The van der Waals surface area contributed by atoms with E-state index in [1.165, 1.54) is 96.6 Å². The van der Waals surface area contributed by atoms with Gasteiger partial charge in [0.25, 0.3) is 6.71 Å². The molecule has 0 saturated heterocycles. The lowest BCUT2D eigenvalue weighted by atomic mass is 9.33. The van der Waals surface area contributed by atoms with Crippen molar-refractivity contribution < 1.29 is 8.83 Å². The van der Waals surface area contributed by atoms with Crippen LogP contribution in [0, 0.1) is 0 Å². The van der Waals surface area contributed by atoms with Gasteiger partial charge in [0.1, 0.15) is 22.3 Å². The van der Waals surface area contributed by atoms with Crippen molar-refractivity contribution in [3.05, 3.63) is 198 Å². The Bertz CT molecular complexity index is 4600. The molecule has 2 atom stereocenters. The van der Waals surface area contributed by atoms with Gasteiger partial charge in [-0.2, -0.15) is 0 Å². The van der Waals surface area contributed by atoms with Crippen LogP contribution >= 0.6 is 0 Å². The zero-order chi connectivity index (χ0) is 57.8. The molecule has 1 fully saturated rings. The van der Waals surface area contributed by atoms with Crippen molar-refractivity contribution in [2.75, 3.05) is 14.7 Å². The summed E-state index contributed by atoms with van der Waals surface area (Å²) in [5.74, 6) is 0. The highest BCUT2D eigenvalue weighted by Crippen LogP contribution is 2.63. The summed E-state index contributed by atoms with van der Waals surface area (Å²) in [7, 11) is 0. The van der Waals surface area contributed by atoms with E-state index in [2.05, 4.69) is 268 Å². The molecule has 3 aliphatic heterocycles. The van der Waals surface area contributed by atoms with Crippen molar-refractivity contribution in [2.45, 2.75) is 154 Å². The first-order valence-electron chi connectivity index (χ1n) is 31.1. The molecular formula is C78H76BN3O2. The third-order valence-electron chi connectivity index (χ3n) is 21.6. The highest BCUT2D eigenvalue weighted by atomic mass is 16.3. The van der Waals surface area contributed by atoms with Crippen molar-refractivity contribution in [3.8, 4) is 11.1 Å². The maximum atomic E-state index is 7.02. The van der Waals surface area contributed by atoms with Crippen molar-refractivity contribution in [1.82, 2.24) is 0 Å². The van der Waals surface area contributed by atoms with E-state index < -0.39 is 0 Å². The van der Waals surface area contributed by atoms with Crippen molar-refractivity contribution >= 4 is 112 Å². The number of anilines is 8. The van der Waals surface area contributed by atoms with E-state index in [-0.39, 0.29) is 39.3 Å². The second kappa shape index (κ2) is 17.3. The van der Waals surface area contributed by atoms with E-state index in [1.807, 2.05) is 0 Å². The maximum Gasteiger partial charge on any atom is 0.252 e. The summed E-state index contributed by atoms with van der Waals surface area (Å²) in [6.45, 7) is 29.1. The minimum absolute atomic E-state index is 0.00216. The van der Waals surface area contributed by atoms with Gasteiger partial charge >= 0.3 is 0 Å². The molecular weight excluding hydrogens is 1020 g/mol. The second-order valence-electron chi connectivity index (χ2n) is 29.5. The molecule has 0 radical (unpaired) electrons. The number of rotatable bonds is 4. The number of benzene rings is 9. The molecule has 5 nitrogen and oxygen atoms in total. The summed E-state index contributed by atoms with van der Waals surface area (Å²) in [6.07, 6.45) is 6.87. The van der Waals surface area contributed by atoms with Gasteiger partial charge in [0.2, 0.25) is 0 Å². The Morgan fingerprint density at radius 1 is 0.417 bits per heavy atom. The molecule has 0 bridgehead atoms. The fourth-order valence-electron chi connectivity index (χ4n) is 16.5. The predicted molar refractivity (Wildman–Crippen MR) is 356 cm³/mol. The largest absolute Gasteiger partial charge is 0.456 e. The molecule has 11 aromatic rings. The van der Waals surface area contributed by atoms with Crippen LogP contribution in [-0.4, -0.2) is 12.3 Å². The molecule has 5 heterocycles. The molecule has 0 amide bonds. The number of para-hydroxylation sites is 2. The fourth-order valence-corrected chi connectivity index (χ4v) is 16.5. The number of hydrogen-bond acceptors (Lipinski definition) is 5. The van der Waals surface area contributed by atoms with E-state index >= 15 is 0 Å². The minimum Gasteiger partial charge on any atom is -0.456 e. The number of hydrogen-bond donors (Lipinski definition) is 0. The van der Waals surface area contributed by atoms with Gasteiger partial charge in [0.15, 0.2) is 0 Å². The summed E-state index contributed by atoms with van der Waals surface area (Å²) in [6, 6.07) is 65.5. The molecule has 1 saturated carbocycles. The first-order chi connectivity index (χ1) is 40.1. The summed E-state index contributed by atoms with van der Waals surface area (Å²) in [5.41, 5.74) is 26.1. The molecule has 0 N–H and O–H groups in total. The molecule has 5 aliphatic rings. The SMILES string of the molecule is CC(C)(C)c1ccc(N2c3cc4oc5ccccc5c4cc3B3c4cc5c(cc4N(c4cccc6oc7ccccc7c46)c4cc(N6c7ccc(C(C)(C)C)cc7C7(C)CCCCC67C)cc2c43)C(C)(C)CCC5(C)C)c(-c2ccccc2)c1. The molecule has 2 aromatic heterocycles. The van der Waals surface area contributed by atoms with E-state index in [1.54, 1.807) is 0 Å². The average molecular weight is 1100 g/mol. The van der Waals surface area contributed by atoms with Crippen LogP contribution < -0.4 is 31.1 Å². The number of fused-ring (bicyclic) bond motifs is 14. The third-order valence-corrected chi connectivity index (χ3v) is 21.6. The summed E-state index contributed by atoms with van der Waals surface area (Å²) < 4.78 is 13.9. The van der Waals surface area contributed by atoms with Crippen molar-refractivity contribution in [1.29, 1.82) is 0 Å². The summed E-state index contributed by atoms with van der Waals surface area (Å²) >= 11 is 0. The Labute approximate surface area is 496 Å². The zero-order valence-corrected chi connectivity index (χ0v) is 51.1. The van der Waals surface area contributed by atoms with Crippen LogP contribution in [0.1, 0.15) is 149 Å². The molecule has 2 aliphatic carbocycles. The molecule has 9 aromatic carbocycles. The Morgan fingerprint density at radius 3 is 1.70 bits per heavy atom. The van der Waals surface area contributed by atoms with Gasteiger partial charge in [-0.1, -0.05) is 192 Å². The van der Waals surface area contributed by atoms with E-state index in [4.69, 9.17) is 8.83 Å². The highest BCUT2D eigenvalue weighted by Gasteiger charge is 2.59. The standard InChI is InChI=1S/C78H76BN3O2/c1-73(2,3)48-31-33-60(53(39-48)47-23-14-13-15-24-47)80-64-46-70-54(51-25-16-18-28-67(51)84-70)43-58(64)79-59-44-55-56(76(9,10)38-37-75(55,7)8)45-63(59)81(62-27-22-30-69-71(62)52-26-17-19-29-68(52)83-69)66-42-50(41-65(80)72(66)79)82-61-34-32-49(74(4,5)6)40-57(61)77(11)35-20-21-36-78(77,82)12/h13-19,22-34,39-46H,20-21,35-38H2,1-12H3. The average Bonchev–Trinajstić information content (AvgIpc) is 1.13. The monoisotopic (exact) mass is 1100 g/mol. The lowest BCUT2D eigenvalue weighted by Crippen LogP contribution is -2.62. The normalized spacial score (nSPS) is 20.3. The molecule has 0 spiro atoms. The van der Waals surface area contributed by atoms with Crippen LogP contribution in [-0.2, 0) is 27.1 Å². The molecule has 418 valence electrons. The smallest absolute Gasteiger partial charge is 0.252 e. The van der Waals surface area contributed by atoms with E-state index in [0.29, 0.717) is 0 Å². The lowest BCUT2D eigenvalue weighted by molar-refractivity contribution is 0.195.